The van der Waals surface area contributed by atoms with Gasteiger partial charge in [-0.05, 0) is 49.7 Å². The lowest BCUT2D eigenvalue weighted by atomic mass is 9.85. The van der Waals surface area contributed by atoms with Crippen LogP contribution in [-0.4, -0.2) is 80.9 Å². The van der Waals surface area contributed by atoms with Crippen LogP contribution in [0.25, 0.3) is 5.69 Å². The van der Waals surface area contributed by atoms with Crippen LogP contribution < -0.4 is 16.4 Å². The monoisotopic (exact) mass is 631 g/mol. The number of anilines is 1. The van der Waals surface area contributed by atoms with Crippen LogP contribution in [0.3, 0.4) is 0 Å². The Morgan fingerprint density at radius 3 is 2.50 bits per heavy atom. The third kappa shape index (κ3) is 6.11. The fourth-order valence-corrected chi connectivity index (χ4v) is 9.65. The van der Waals surface area contributed by atoms with Gasteiger partial charge in [-0.1, -0.05) is 13.8 Å². The van der Waals surface area contributed by atoms with E-state index in [1.165, 1.54) is 6.07 Å². The molecule has 13 heteroatoms. The number of sulfone groups is 1. The topological polar surface area (TPSA) is 145 Å². The lowest BCUT2D eigenvalue weighted by molar-refractivity contribution is -0.126. The van der Waals surface area contributed by atoms with E-state index < -0.39 is 27.0 Å². The number of primary amides is 1. The molecule has 0 bridgehead atoms. The van der Waals surface area contributed by atoms with Crippen LogP contribution in [0, 0.1) is 17.2 Å². The largest absolute Gasteiger partial charge is 0.382 e. The van der Waals surface area contributed by atoms with Gasteiger partial charge in [0, 0.05) is 49.4 Å². The first-order valence-corrected chi connectivity index (χ1v) is 17.1. The first-order chi connectivity index (χ1) is 20.9. The van der Waals surface area contributed by atoms with Gasteiger partial charge < -0.3 is 30.4 Å². The van der Waals surface area contributed by atoms with Gasteiger partial charge in [0.15, 0.2) is 9.84 Å². The van der Waals surface area contributed by atoms with Crippen molar-refractivity contribution in [2.75, 3.05) is 50.5 Å². The van der Waals surface area contributed by atoms with E-state index in [-0.39, 0.29) is 48.1 Å². The Hall–Kier alpha value is -3.00. The number of nitrogens with zero attached hydrogens (tertiary/aromatic N) is 2. The van der Waals surface area contributed by atoms with Crippen molar-refractivity contribution < 1.29 is 31.9 Å². The summed E-state index contributed by atoms with van der Waals surface area (Å²) in [5.74, 6) is -1.69. The molecule has 44 heavy (non-hydrogen) atoms. The maximum Gasteiger partial charge on any atom is 0.253 e. The molecule has 4 aliphatic rings. The first-order valence-electron chi connectivity index (χ1n) is 15.5. The number of rotatable bonds is 8. The zero-order valence-electron chi connectivity index (χ0n) is 25.4. The molecule has 0 atom stereocenters. The van der Waals surface area contributed by atoms with E-state index >= 15 is 4.39 Å². The minimum Gasteiger partial charge on any atom is -0.382 e. The van der Waals surface area contributed by atoms with E-state index in [2.05, 4.69) is 15.5 Å². The number of benzene rings is 1. The van der Waals surface area contributed by atoms with Gasteiger partial charge in [0.25, 0.3) is 5.91 Å². The molecule has 2 amide bonds. The second kappa shape index (κ2) is 12.1. The van der Waals surface area contributed by atoms with Crippen LogP contribution >= 0.6 is 0 Å². The molecule has 1 saturated heterocycles. The summed E-state index contributed by atoms with van der Waals surface area (Å²) in [5.41, 5.74) is 7.51. The second-order valence-corrected chi connectivity index (χ2v) is 15.2. The number of fused-ring (bicyclic) bond motifs is 3. The Morgan fingerprint density at radius 1 is 1.07 bits per heavy atom. The van der Waals surface area contributed by atoms with Gasteiger partial charge in [0.2, 0.25) is 5.91 Å². The minimum absolute atomic E-state index is 0.0276. The number of amides is 2. The number of ether oxygens (including phenoxy) is 2. The number of carbonyl (C=O) groups is 2. The third-order valence-corrected chi connectivity index (χ3v) is 11.6. The zero-order valence-corrected chi connectivity index (χ0v) is 26.2. The molecule has 1 aliphatic carbocycles. The lowest BCUT2D eigenvalue weighted by Gasteiger charge is -2.31. The number of hydrogen-bond acceptors (Lipinski definition) is 8. The van der Waals surface area contributed by atoms with Crippen molar-refractivity contribution in [2.45, 2.75) is 70.1 Å². The van der Waals surface area contributed by atoms with E-state index in [1.54, 1.807) is 10.6 Å². The van der Waals surface area contributed by atoms with Crippen molar-refractivity contribution >= 4 is 27.3 Å². The molecule has 3 aliphatic heterocycles. The van der Waals surface area contributed by atoms with Crippen LogP contribution in [0.4, 0.5) is 10.1 Å². The van der Waals surface area contributed by atoms with Gasteiger partial charge in [0.1, 0.15) is 5.82 Å². The van der Waals surface area contributed by atoms with Gasteiger partial charge in [-0.2, -0.15) is 0 Å². The Bertz CT molecular complexity index is 1560. The Kier molecular flexibility index (Phi) is 8.50. The minimum atomic E-state index is -3.58. The summed E-state index contributed by atoms with van der Waals surface area (Å²) >= 11 is 0. The second-order valence-electron chi connectivity index (χ2n) is 13.3. The average molecular weight is 632 g/mol. The summed E-state index contributed by atoms with van der Waals surface area (Å²) in [5, 5.41) is 6.41. The molecule has 0 radical (unpaired) electrons. The standard InChI is InChI=1S/C31H42FN5O6S/c1-31(2)15-25-28(44(40,41)18-31)22-16-43-17-26(22)37(25)21-13-23(32)27(29(33)38)24(14-21)35-20-5-3-19(4-6-20)30(39)34-7-8-36-9-11-42-12-10-36/h13-14,19-20,35H,3-12,15-18H2,1-2H3,(H2,33,38)(H,34,39)/t19-,20-. The smallest absolute Gasteiger partial charge is 0.253 e. The fraction of sp³-hybridized carbons (Fsp3) is 0.613. The fourth-order valence-electron chi connectivity index (χ4n) is 7.30. The highest BCUT2D eigenvalue weighted by Crippen LogP contribution is 2.44. The van der Waals surface area contributed by atoms with E-state index in [0.717, 1.165) is 32.8 Å². The highest BCUT2D eigenvalue weighted by molar-refractivity contribution is 7.91. The van der Waals surface area contributed by atoms with Gasteiger partial charge in [-0.3, -0.25) is 14.5 Å². The Morgan fingerprint density at radius 2 is 1.80 bits per heavy atom. The molecule has 4 heterocycles. The van der Waals surface area contributed by atoms with Crippen molar-refractivity contribution in [1.29, 1.82) is 0 Å². The number of halogens is 1. The molecular formula is C31H42FN5O6S. The summed E-state index contributed by atoms with van der Waals surface area (Å²) in [7, 11) is -3.58. The molecule has 240 valence electrons. The first kappa shape index (κ1) is 31.0. The maximum absolute atomic E-state index is 15.6. The SMILES string of the molecule is CC1(C)Cc2c(c3c(n2-c2cc(F)c(C(N)=O)c(N[C@H]4CC[C@H](C(=O)NCCN5CCOCC5)CC4)c2)COC3)S(=O)(=O)C1. The van der Waals surface area contributed by atoms with Crippen molar-refractivity contribution in [1.82, 2.24) is 14.8 Å². The summed E-state index contributed by atoms with van der Waals surface area (Å²) in [6.07, 6.45) is 3.16. The number of nitrogens with one attached hydrogen (secondary N) is 2. The van der Waals surface area contributed by atoms with Crippen LogP contribution in [0.5, 0.6) is 0 Å². The van der Waals surface area contributed by atoms with Crippen LogP contribution in [-0.2, 0) is 43.7 Å². The number of aromatic nitrogens is 1. The quantitative estimate of drug-likeness (QED) is 0.403. The Labute approximate surface area is 257 Å². The molecule has 6 rings (SSSR count). The highest BCUT2D eigenvalue weighted by atomic mass is 32.2. The van der Waals surface area contributed by atoms with Gasteiger partial charge in [-0.25, -0.2) is 12.8 Å². The predicted octanol–water partition coefficient (Wildman–Crippen LogP) is 2.52. The number of carbonyl (C=O) groups excluding carboxylic acids is 2. The van der Waals surface area contributed by atoms with Crippen molar-refractivity contribution in [3.05, 3.63) is 40.5 Å². The molecule has 2 aromatic rings. The summed E-state index contributed by atoms with van der Waals surface area (Å²) < 4.78 is 55.2. The Balaban J connectivity index is 1.21. The van der Waals surface area contributed by atoms with Gasteiger partial charge >= 0.3 is 0 Å². The molecule has 0 unspecified atom stereocenters. The number of nitrogens with two attached hydrogens (primary N) is 1. The van der Waals surface area contributed by atoms with Crippen LogP contribution in [0.15, 0.2) is 17.0 Å². The maximum atomic E-state index is 15.6. The molecule has 1 saturated carbocycles. The summed E-state index contributed by atoms with van der Waals surface area (Å²) in [6.45, 7) is 8.81. The summed E-state index contributed by atoms with van der Waals surface area (Å²) in [6, 6.07) is 2.84. The molecule has 0 spiro atoms. The highest BCUT2D eigenvalue weighted by Gasteiger charge is 2.43. The number of hydrogen-bond donors (Lipinski definition) is 3. The average Bonchev–Trinajstić information content (AvgIpc) is 3.52. The van der Waals surface area contributed by atoms with Crippen molar-refractivity contribution in [3.8, 4) is 5.69 Å². The normalized spacial score (nSPS) is 24.3. The molecule has 2 fully saturated rings. The van der Waals surface area contributed by atoms with E-state index in [0.29, 0.717) is 66.2 Å². The van der Waals surface area contributed by atoms with Gasteiger partial charge in [-0.15, -0.1) is 0 Å². The third-order valence-electron chi connectivity index (χ3n) is 9.32. The van der Waals surface area contributed by atoms with Gasteiger partial charge in [0.05, 0.1) is 59.7 Å². The van der Waals surface area contributed by atoms with Crippen molar-refractivity contribution in [3.63, 3.8) is 0 Å². The van der Waals surface area contributed by atoms with Crippen molar-refractivity contribution in [2.24, 2.45) is 17.1 Å². The van der Waals surface area contributed by atoms with Crippen LogP contribution in [0.2, 0.25) is 0 Å². The van der Waals surface area contributed by atoms with E-state index in [9.17, 15) is 18.0 Å². The summed E-state index contributed by atoms with van der Waals surface area (Å²) in [4.78, 5) is 27.8. The molecule has 4 N–H and O–H groups in total. The molecule has 11 nitrogen and oxygen atoms in total. The predicted molar refractivity (Wildman–Crippen MR) is 162 cm³/mol. The molecule has 1 aromatic heterocycles. The zero-order chi connectivity index (χ0) is 31.2. The number of morpholine rings is 1. The molecule has 1 aromatic carbocycles. The van der Waals surface area contributed by atoms with E-state index in [1.807, 2.05) is 13.8 Å². The van der Waals surface area contributed by atoms with Crippen LogP contribution in [0.1, 0.15) is 66.8 Å². The lowest BCUT2D eigenvalue weighted by Crippen LogP contribution is -2.43. The van der Waals surface area contributed by atoms with E-state index in [4.69, 9.17) is 15.2 Å². The molecular weight excluding hydrogens is 589 g/mol.